The minimum absolute atomic E-state index is 0.290. The lowest BCUT2D eigenvalue weighted by atomic mass is 10.0. The molecule has 0 bridgehead atoms. The molecule has 0 aromatic carbocycles. The lowest BCUT2D eigenvalue weighted by Gasteiger charge is -2.32. The van der Waals surface area contributed by atoms with E-state index >= 15 is 0 Å². The van der Waals surface area contributed by atoms with Crippen molar-refractivity contribution in [3.8, 4) is 0 Å². The maximum atomic E-state index is 6.00. The number of aromatic nitrogens is 1. The number of aryl methyl sites for hydroxylation is 1. The van der Waals surface area contributed by atoms with Crippen molar-refractivity contribution in [3.05, 3.63) is 29.6 Å². The fraction of sp³-hybridized carbons (Fsp3) is 0.667. The molecule has 102 valence electrons. The van der Waals surface area contributed by atoms with E-state index in [0.29, 0.717) is 12.5 Å². The minimum Gasteiger partial charge on any atom is -0.329 e. The third-order valence-corrected chi connectivity index (χ3v) is 3.75. The molecule has 0 saturated heterocycles. The number of likely N-dealkylation sites (N-methyl/N-ethyl adjacent to an activating group) is 1. The molecule has 0 amide bonds. The molecule has 0 radical (unpaired) electrons. The number of pyridine rings is 1. The highest BCUT2D eigenvalue weighted by Gasteiger charge is 2.20. The Morgan fingerprint density at radius 2 is 2.11 bits per heavy atom. The van der Waals surface area contributed by atoms with Crippen molar-refractivity contribution in [1.82, 2.24) is 9.88 Å². The normalized spacial score (nSPS) is 14.8. The van der Waals surface area contributed by atoms with Crippen molar-refractivity contribution in [2.45, 2.75) is 40.2 Å². The summed E-state index contributed by atoms with van der Waals surface area (Å²) < 4.78 is 0. The van der Waals surface area contributed by atoms with E-state index < -0.39 is 0 Å². The number of nitrogens with zero attached hydrogens (tertiary/aromatic N) is 2. The van der Waals surface area contributed by atoms with Crippen molar-refractivity contribution in [1.29, 1.82) is 0 Å². The molecule has 0 aliphatic heterocycles. The molecule has 2 N–H and O–H groups in total. The Balaban J connectivity index is 2.89. The molecule has 2 atom stereocenters. The summed E-state index contributed by atoms with van der Waals surface area (Å²) in [7, 11) is 0. The van der Waals surface area contributed by atoms with E-state index in [0.717, 1.165) is 13.1 Å². The molecule has 0 saturated carbocycles. The van der Waals surface area contributed by atoms with Gasteiger partial charge in [0.2, 0.25) is 0 Å². The Bertz CT molecular complexity index is 351. The molecule has 0 fully saturated rings. The Labute approximate surface area is 111 Å². The number of nitrogens with two attached hydrogens (primary N) is 1. The van der Waals surface area contributed by atoms with Gasteiger partial charge in [0.25, 0.3) is 0 Å². The van der Waals surface area contributed by atoms with Crippen LogP contribution < -0.4 is 5.73 Å². The van der Waals surface area contributed by atoms with Crippen LogP contribution in [-0.2, 0) is 0 Å². The minimum atomic E-state index is 0.290. The van der Waals surface area contributed by atoms with Gasteiger partial charge in [-0.1, -0.05) is 27.2 Å². The van der Waals surface area contributed by atoms with Gasteiger partial charge in [-0.15, -0.1) is 0 Å². The lowest BCUT2D eigenvalue weighted by Crippen LogP contribution is -2.37. The standard InChI is InChI=1S/C15H27N3/c1-5-12(3)11-18(6-2)15(9-16)14-10-17-8-7-13(14)4/h7-8,10,12,15H,5-6,9,11,16H2,1-4H3. The molecule has 1 heterocycles. The van der Waals surface area contributed by atoms with Crippen LogP contribution in [0.2, 0.25) is 0 Å². The van der Waals surface area contributed by atoms with E-state index in [1.54, 1.807) is 0 Å². The zero-order chi connectivity index (χ0) is 13.5. The first-order valence-corrected chi connectivity index (χ1v) is 6.98. The Hall–Kier alpha value is -0.930. The molecule has 0 aliphatic rings. The smallest absolute Gasteiger partial charge is 0.0488 e. The molecule has 0 aliphatic carbocycles. The molecule has 0 spiro atoms. The van der Waals surface area contributed by atoms with Crippen LogP contribution in [0.15, 0.2) is 18.5 Å². The van der Waals surface area contributed by atoms with Gasteiger partial charge in [0.1, 0.15) is 0 Å². The van der Waals surface area contributed by atoms with E-state index in [1.165, 1.54) is 17.5 Å². The topological polar surface area (TPSA) is 42.1 Å². The van der Waals surface area contributed by atoms with Crippen LogP contribution >= 0.6 is 0 Å². The average Bonchev–Trinajstić information content (AvgIpc) is 2.40. The zero-order valence-electron chi connectivity index (χ0n) is 12.2. The predicted molar refractivity (Wildman–Crippen MR) is 77.5 cm³/mol. The SMILES string of the molecule is CCC(C)CN(CC)C(CN)c1cnccc1C. The predicted octanol–water partition coefficient (Wildman–Crippen LogP) is 2.76. The van der Waals surface area contributed by atoms with Crippen LogP contribution in [0.1, 0.15) is 44.4 Å². The molecule has 18 heavy (non-hydrogen) atoms. The Kier molecular flexibility index (Phi) is 6.30. The van der Waals surface area contributed by atoms with Crippen molar-refractivity contribution in [2.24, 2.45) is 11.7 Å². The van der Waals surface area contributed by atoms with Gasteiger partial charge in [-0.25, -0.2) is 0 Å². The van der Waals surface area contributed by atoms with E-state index in [9.17, 15) is 0 Å². The van der Waals surface area contributed by atoms with Gasteiger partial charge in [0.05, 0.1) is 0 Å². The van der Waals surface area contributed by atoms with Crippen LogP contribution in [0.4, 0.5) is 0 Å². The summed E-state index contributed by atoms with van der Waals surface area (Å²) in [6, 6.07) is 2.35. The molecule has 1 aromatic rings. The van der Waals surface area contributed by atoms with Gasteiger partial charge in [-0.05, 0) is 36.6 Å². The monoisotopic (exact) mass is 249 g/mol. The first-order chi connectivity index (χ1) is 8.63. The molecule has 2 unspecified atom stereocenters. The second kappa shape index (κ2) is 7.49. The first-order valence-electron chi connectivity index (χ1n) is 6.98. The third-order valence-electron chi connectivity index (χ3n) is 3.75. The summed E-state index contributed by atoms with van der Waals surface area (Å²) in [4.78, 5) is 6.72. The number of hydrogen-bond donors (Lipinski definition) is 1. The van der Waals surface area contributed by atoms with Crippen LogP contribution in [0, 0.1) is 12.8 Å². The lowest BCUT2D eigenvalue weighted by molar-refractivity contribution is 0.181. The largest absolute Gasteiger partial charge is 0.329 e. The van der Waals surface area contributed by atoms with Crippen LogP contribution in [0.5, 0.6) is 0 Å². The van der Waals surface area contributed by atoms with Crippen molar-refractivity contribution >= 4 is 0 Å². The zero-order valence-corrected chi connectivity index (χ0v) is 12.2. The van der Waals surface area contributed by atoms with Gasteiger partial charge >= 0.3 is 0 Å². The summed E-state index contributed by atoms with van der Waals surface area (Å²) in [5.41, 5.74) is 8.55. The maximum Gasteiger partial charge on any atom is 0.0488 e. The quantitative estimate of drug-likeness (QED) is 0.808. The summed E-state index contributed by atoms with van der Waals surface area (Å²) in [5, 5.41) is 0. The maximum absolute atomic E-state index is 6.00. The van der Waals surface area contributed by atoms with Crippen molar-refractivity contribution in [2.75, 3.05) is 19.6 Å². The highest BCUT2D eigenvalue weighted by atomic mass is 15.2. The molecular weight excluding hydrogens is 222 g/mol. The van der Waals surface area contributed by atoms with Crippen LogP contribution in [0.25, 0.3) is 0 Å². The average molecular weight is 249 g/mol. The van der Waals surface area contributed by atoms with Gasteiger partial charge in [0, 0.05) is 31.5 Å². The van der Waals surface area contributed by atoms with Gasteiger partial charge in [-0.2, -0.15) is 0 Å². The molecule has 3 nitrogen and oxygen atoms in total. The van der Waals surface area contributed by atoms with E-state index in [-0.39, 0.29) is 6.04 Å². The number of hydrogen-bond acceptors (Lipinski definition) is 3. The fourth-order valence-electron chi connectivity index (χ4n) is 2.30. The molecule has 3 heteroatoms. The van der Waals surface area contributed by atoms with Crippen LogP contribution in [-0.4, -0.2) is 29.5 Å². The third kappa shape index (κ3) is 3.79. The highest BCUT2D eigenvalue weighted by molar-refractivity contribution is 5.25. The second-order valence-corrected chi connectivity index (χ2v) is 5.08. The summed E-state index contributed by atoms with van der Waals surface area (Å²) in [5.74, 6) is 0.705. The van der Waals surface area contributed by atoms with Gasteiger partial charge in [0.15, 0.2) is 0 Å². The summed E-state index contributed by atoms with van der Waals surface area (Å²) in [6.07, 6.45) is 5.02. The molecular formula is C15H27N3. The van der Waals surface area contributed by atoms with E-state index in [1.807, 2.05) is 12.4 Å². The van der Waals surface area contributed by atoms with Crippen molar-refractivity contribution < 1.29 is 0 Å². The molecule has 1 aromatic heterocycles. The fourth-order valence-corrected chi connectivity index (χ4v) is 2.30. The van der Waals surface area contributed by atoms with Gasteiger partial charge in [-0.3, -0.25) is 9.88 Å². The van der Waals surface area contributed by atoms with Crippen molar-refractivity contribution in [3.63, 3.8) is 0 Å². The number of rotatable bonds is 7. The Morgan fingerprint density at radius 1 is 1.39 bits per heavy atom. The first kappa shape index (κ1) is 15.1. The summed E-state index contributed by atoms with van der Waals surface area (Å²) >= 11 is 0. The highest BCUT2D eigenvalue weighted by Crippen LogP contribution is 2.23. The van der Waals surface area contributed by atoms with Crippen LogP contribution in [0.3, 0.4) is 0 Å². The summed E-state index contributed by atoms with van der Waals surface area (Å²) in [6.45, 7) is 11.7. The molecule has 1 rings (SSSR count). The Morgan fingerprint density at radius 3 is 2.61 bits per heavy atom. The van der Waals surface area contributed by atoms with E-state index in [4.69, 9.17) is 5.73 Å². The van der Waals surface area contributed by atoms with Gasteiger partial charge < -0.3 is 5.73 Å². The second-order valence-electron chi connectivity index (χ2n) is 5.08. The van der Waals surface area contributed by atoms with E-state index in [2.05, 4.69) is 43.6 Å².